The van der Waals surface area contributed by atoms with Gasteiger partial charge >= 0.3 is 0 Å². The van der Waals surface area contributed by atoms with Crippen molar-refractivity contribution in [2.45, 2.75) is 39.3 Å². The van der Waals surface area contributed by atoms with Gasteiger partial charge in [-0.05, 0) is 36.6 Å². The summed E-state index contributed by atoms with van der Waals surface area (Å²) in [4.78, 5) is 27.0. The van der Waals surface area contributed by atoms with E-state index < -0.39 is 6.04 Å². The van der Waals surface area contributed by atoms with E-state index in [9.17, 15) is 9.59 Å². The third-order valence-electron chi connectivity index (χ3n) is 4.34. The van der Waals surface area contributed by atoms with Crippen LogP contribution in [-0.2, 0) is 22.6 Å². The molecule has 4 nitrogen and oxygen atoms in total. The van der Waals surface area contributed by atoms with Crippen LogP contribution in [0.25, 0.3) is 0 Å². The van der Waals surface area contributed by atoms with E-state index in [1.807, 2.05) is 50.2 Å². The van der Waals surface area contributed by atoms with Crippen molar-refractivity contribution in [3.05, 3.63) is 70.2 Å². The molecule has 0 saturated heterocycles. The fourth-order valence-corrected chi connectivity index (χ4v) is 3.10. The number of carbonyl (C=O) groups is 2. The quantitative estimate of drug-likeness (QED) is 0.804. The number of nitrogens with one attached hydrogen (secondary N) is 1. The predicted molar refractivity (Wildman–Crippen MR) is 105 cm³/mol. The Kier molecular flexibility index (Phi) is 7.22. The van der Waals surface area contributed by atoms with E-state index in [-0.39, 0.29) is 18.2 Å². The van der Waals surface area contributed by atoms with Gasteiger partial charge in [0.05, 0.1) is 6.42 Å². The van der Waals surface area contributed by atoms with Crippen molar-refractivity contribution in [3.63, 3.8) is 0 Å². The maximum Gasteiger partial charge on any atom is 0.242 e. The van der Waals surface area contributed by atoms with Crippen LogP contribution in [0.2, 0.25) is 5.02 Å². The number of aryl methyl sites for hydroxylation is 1. The summed E-state index contributed by atoms with van der Waals surface area (Å²) in [7, 11) is 1.59. The number of hydrogen-bond acceptors (Lipinski definition) is 2. The standard InChI is InChI=1S/C21H25ClN2O2/c1-4-19(21(26)23-3)24(14-16-8-10-18(22)11-9-16)20(25)13-17-7-5-6-15(2)12-17/h5-12,19H,4,13-14H2,1-3H3,(H,23,26). The lowest BCUT2D eigenvalue weighted by Gasteiger charge is -2.30. The zero-order chi connectivity index (χ0) is 19.1. The highest BCUT2D eigenvalue weighted by molar-refractivity contribution is 6.30. The highest BCUT2D eigenvalue weighted by atomic mass is 35.5. The van der Waals surface area contributed by atoms with Gasteiger partial charge < -0.3 is 10.2 Å². The van der Waals surface area contributed by atoms with E-state index in [0.29, 0.717) is 18.0 Å². The molecule has 1 N–H and O–H groups in total. The Morgan fingerprint density at radius 2 is 1.81 bits per heavy atom. The number of nitrogens with zero attached hydrogens (tertiary/aromatic N) is 1. The lowest BCUT2D eigenvalue weighted by molar-refractivity contribution is -0.140. The first kappa shape index (κ1) is 20.0. The maximum absolute atomic E-state index is 13.0. The number of hydrogen-bond donors (Lipinski definition) is 1. The van der Waals surface area contributed by atoms with E-state index in [2.05, 4.69) is 5.32 Å². The van der Waals surface area contributed by atoms with Crippen LogP contribution < -0.4 is 5.32 Å². The van der Waals surface area contributed by atoms with Crippen molar-refractivity contribution < 1.29 is 9.59 Å². The van der Waals surface area contributed by atoms with Gasteiger partial charge in [0, 0.05) is 18.6 Å². The van der Waals surface area contributed by atoms with E-state index in [1.165, 1.54) is 0 Å². The molecule has 0 spiro atoms. The van der Waals surface area contributed by atoms with Crippen molar-refractivity contribution in [2.75, 3.05) is 7.05 Å². The number of likely N-dealkylation sites (N-methyl/N-ethyl adjacent to an activating group) is 1. The third kappa shape index (κ3) is 5.33. The van der Waals surface area contributed by atoms with E-state index in [4.69, 9.17) is 11.6 Å². The minimum atomic E-state index is -0.506. The molecule has 0 aliphatic rings. The Bertz CT molecular complexity index is 759. The first-order chi connectivity index (χ1) is 12.4. The van der Waals surface area contributed by atoms with E-state index in [1.54, 1.807) is 24.1 Å². The summed E-state index contributed by atoms with van der Waals surface area (Å²) in [5, 5.41) is 3.31. The summed E-state index contributed by atoms with van der Waals surface area (Å²) in [6.45, 7) is 4.28. The molecule has 0 radical (unpaired) electrons. The smallest absolute Gasteiger partial charge is 0.242 e. The number of carbonyl (C=O) groups excluding carboxylic acids is 2. The Morgan fingerprint density at radius 1 is 1.12 bits per heavy atom. The lowest BCUT2D eigenvalue weighted by atomic mass is 10.1. The molecule has 2 rings (SSSR count). The molecule has 0 heterocycles. The van der Waals surface area contributed by atoms with Crippen LogP contribution in [-0.4, -0.2) is 29.8 Å². The molecule has 0 fully saturated rings. The molecule has 0 aromatic heterocycles. The van der Waals surface area contributed by atoms with Gasteiger partial charge in [0.2, 0.25) is 11.8 Å². The second kappa shape index (κ2) is 9.39. The monoisotopic (exact) mass is 372 g/mol. The summed E-state index contributed by atoms with van der Waals surface area (Å²) < 4.78 is 0. The molecule has 0 aliphatic heterocycles. The van der Waals surface area contributed by atoms with Crippen LogP contribution in [0, 0.1) is 6.92 Å². The van der Waals surface area contributed by atoms with Crippen LogP contribution in [0.1, 0.15) is 30.0 Å². The Morgan fingerprint density at radius 3 is 2.38 bits per heavy atom. The summed E-state index contributed by atoms with van der Waals surface area (Å²) in [6.07, 6.45) is 0.815. The van der Waals surface area contributed by atoms with Crippen LogP contribution in [0.4, 0.5) is 0 Å². The van der Waals surface area contributed by atoms with Crippen LogP contribution in [0.5, 0.6) is 0 Å². The normalized spacial score (nSPS) is 11.7. The van der Waals surface area contributed by atoms with E-state index in [0.717, 1.165) is 16.7 Å². The Hall–Kier alpha value is -2.33. The van der Waals surface area contributed by atoms with Gasteiger partial charge in [-0.3, -0.25) is 9.59 Å². The second-order valence-corrected chi connectivity index (χ2v) is 6.79. The molecule has 5 heteroatoms. The Balaban J connectivity index is 2.27. The van der Waals surface area contributed by atoms with Gasteiger partial charge in [0.15, 0.2) is 0 Å². The predicted octanol–water partition coefficient (Wildman–Crippen LogP) is 3.74. The molecule has 0 saturated carbocycles. The van der Waals surface area contributed by atoms with Crippen molar-refractivity contribution >= 4 is 23.4 Å². The molecule has 2 aromatic carbocycles. The molecule has 1 unspecified atom stereocenters. The fourth-order valence-electron chi connectivity index (χ4n) is 2.97. The molecule has 0 aliphatic carbocycles. The number of benzene rings is 2. The zero-order valence-corrected chi connectivity index (χ0v) is 16.2. The number of amides is 2. The van der Waals surface area contributed by atoms with Gasteiger partial charge in [0.25, 0.3) is 0 Å². The molecule has 138 valence electrons. The summed E-state index contributed by atoms with van der Waals surface area (Å²) in [5.41, 5.74) is 3.00. The molecule has 26 heavy (non-hydrogen) atoms. The van der Waals surface area contributed by atoms with Crippen molar-refractivity contribution in [1.82, 2.24) is 10.2 Å². The van der Waals surface area contributed by atoms with E-state index >= 15 is 0 Å². The van der Waals surface area contributed by atoms with Gasteiger partial charge in [-0.2, -0.15) is 0 Å². The van der Waals surface area contributed by atoms with Crippen molar-refractivity contribution in [1.29, 1.82) is 0 Å². The van der Waals surface area contributed by atoms with Crippen LogP contribution in [0.15, 0.2) is 48.5 Å². The van der Waals surface area contributed by atoms with Crippen molar-refractivity contribution in [2.24, 2.45) is 0 Å². The van der Waals surface area contributed by atoms with Crippen molar-refractivity contribution in [3.8, 4) is 0 Å². The molecular formula is C21H25ClN2O2. The summed E-state index contributed by atoms with van der Waals surface area (Å²) in [6, 6.07) is 14.7. The van der Waals surface area contributed by atoms with Gasteiger partial charge in [0.1, 0.15) is 6.04 Å². The highest BCUT2D eigenvalue weighted by Gasteiger charge is 2.27. The Labute approximate surface area is 160 Å². The third-order valence-corrected chi connectivity index (χ3v) is 4.59. The SMILES string of the molecule is CCC(C(=O)NC)N(Cc1ccc(Cl)cc1)C(=O)Cc1cccc(C)c1. The molecular weight excluding hydrogens is 348 g/mol. The van der Waals surface area contributed by atoms with Gasteiger partial charge in [-0.15, -0.1) is 0 Å². The topological polar surface area (TPSA) is 49.4 Å². The van der Waals surface area contributed by atoms with Gasteiger partial charge in [-0.25, -0.2) is 0 Å². The molecule has 0 bridgehead atoms. The summed E-state index contributed by atoms with van der Waals surface area (Å²) >= 11 is 5.95. The fraction of sp³-hybridized carbons (Fsp3) is 0.333. The number of halogens is 1. The largest absolute Gasteiger partial charge is 0.357 e. The molecule has 2 amide bonds. The second-order valence-electron chi connectivity index (χ2n) is 6.35. The lowest BCUT2D eigenvalue weighted by Crippen LogP contribution is -2.48. The number of rotatable bonds is 7. The first-order valence-corrected chi connectivity index (χ1v) is 9.13. The minimum Gasteiger partial charge on any atom is -0.357 e. The maximum atomic E-state index is 13.0. The first-order valence-electron chi connectivity index (χ1n) is 8.75. The van der Waals surface area contributed by atoms with Gasteiger partial charge in [-0.1, -0.05) is 60.5 Å². The average Bonchev–Trinajstić information content (AvgIpc) is 2.62. The summed E-state index contributed by atoms with van der Waals surface area (Å²) in [5.74, 6) is -0.222. The minimum absolute atomic E-state index is 0.0685. The average molecular weight is 373 g/mol. The highest BCUT2D eigenvalue weighted by Crippen LogP contribution is 2.17. The zero-order valence-electron chi connectivity index (χ0n) is 15.5. The van der Waals surface area contributed by atoms with Crippen LogP contribution in [0.3, 0.4) is 0 Å². The molecule has 2 aromatic rings. The molecule has 1 atom stereocenters. The van der Waals surface area contributed by atoms with Crippen LogP contribution >= 0.6 is 11.6 Å².